The summed E-state index contributed by atoms with van der Waals surface area (Å²) in [4.78, 5) is 34.6. The van der Waals surface area contributed by atoms with Gasteiger partial charge in [-0.1, -0.05) is 18.2 Å². The molecule has 8 nitrogen and oxygen atoms in total. The maximum Gasteiger partial charge on any atom is 0.342 e. The van der Waals surface area contributed by atoms with Gasteiger partial charge in [0.2, 0.25) is 0 Å². The number of benzene rings is 2. The first-order valence-electron chi connectivity index (χ1n) is 11.9. The van der Waals surface area contributed by atoms with E-state index in [4.69, 9.17) is 19.2 Å². The number of carbonyl (C=O) groups is 2. The second-order valence-electron chi connectivity index (χ2n) is 8.86. The van der Waals surface area contributed by atoms with E-state index in [9.17, 15) is 9.59 Å². The summed E-state index contributed by atoms with van der Waals surface area (Å²) in [6.45, 7) is 2.38. The molecule has 1 amide bonds. The Morgan fingerprint density at radius 3 is 2.40 bits per heavy atom. The van der Waals surface area contributed by atoms with Crippen molar-refractivity contribution < 1.29 is 23.8 Å². The number of amides is 1. The highest BCUT2D eigenvalue weighted by Crippen LogP contribution is 2.33. The van der Waals surface area contributed by atoms with E-state index >= 15 is 0 Å². The van der Waals surface area contributed by atoms with Crippen LogP contribution in [0.1, 0.15) is 34.3 Å². The molecule has 0 atom stereocenters. The van der Waals surface area contributed by atoms with Crippen LogP contribution < -0.4 is 14.4 Å². The summed E-state index contributed by atoms with van der Waals surface area (Å²) in [5, 5.41) is 0.866. The standard InChI is InChI=1S/C27H29N3O5/c1-33-23-14-18-9-12-30(16-20(18)15-24(23)34-2)25(31)17-35-27(32)21-13-19-7-3-4-8-22(19)28-26(21)29-10-5-6-11-29/h3-4,7-8,13-15H,5-6,9-12,16-17H2,1-2H3. The van der Waals surface area contributed by atoms with Crippen LogP contribution in [0.3, 0.4) is 0 Å². The summed E-state index contributed by atoms with van der Waals surface area (Å²) in [7, 11) is 3.20. The summed E-state index contributed by atoms with van der Waals surface area (Å²) >= 11 is 0. The second kappa shape index (κ2) is 9.82. The zero-order valence-corrected chi connectivity index (χ0v) is 20.1. The number of esters is 1. The molecule has 1 fully saturated rings. The van der Waals surface area contributed by atoms with E-state index in [-0.39, 0.29) is 12.5 Å². The van der Waals surface area contributed by atoms with Crippen molar-refractivity contribution in [2.24, 2.45) is 0 Å². The molecule has 2 aliphatic rings. The Bertz CT molecular complexity index is 1270. The predicted octanol–water partition coefficient (Wildman–Crippen LogP) is 3.59. The number of hydrogen-bond acceptors (Lipinski definition) is 7. The number of pyridine rings is 1. The van der Waals surface area contributed by atoms with Gasteiger partial charge in [0, 0.05) is 31.6 Å². The third-order valence-electron chi connectivity index (χ3n) is 6.73. The highest BCUT2D eigenvalue weighted by atomic mass is 16.5. The second-order valence-corrected chi connectivity index (χ2v) is 8.86. The van der Waals surface area contributed by atoms with Crippen LogP contribution >= 0.6 is 0 Å². The largest absolute Gasteiger partial charge is 0.493 e. The Hall–Kier alpha value is -3.81. The molecule has 0 spiro atoms. The summed E-state index contributed by atoms with van der Waals surface area (Å²) in [5.41, 5.74) is 3.37. The van der Waals surface area contributed by atoms with Crippen molar-refractivity contribution in [1.82, 2.24) is 9.88 Å². The predicted molar refractivity (Wildman–Crippen MR) is 132 cm³/mol. The molecule has 0 aliphatic carbocycles. The maximum absolute atomic E-state index is 13.1. The number of rotatable bonds is 6. The van der Waals surface area contributed by atoms with Gasteiger partial charge >= 0.3 is 5.97 Å². The first-order chi connectivity index (χ1) is 17.1. The Kier molecular flexibility index (Phi) is 6.44. The minimum Gasteiger partial charge on any atom is -0.493 e. The average Bonchev–Trinajstić information content (AvgIpc) is 3.44. The van der Waals surface area contributed by atoms with E-state index in [0.29, 0.717) is 42.4 Å². The van der Waals surface area contributed by atoms with Crippen LogP contribution in [0.5, 0.6) is 11.5 Å². The fourth-order valence-corrected chi connectivity index (χ4v) is 4.82. The molecule has 3 heterocycles. The number of nitrogens with zero attached hydrogens (tertiary/aromatic N) is 3. The Labute approximate surface area is 204 Å². The molecule has 0 saturated carbocycles. The number of hydrogen-bond donors (Lipinski definition) is 0. The zero-order valence-electron chi connectivity index (χ0n) is 20.1. The van der Waals surface area contributed by atoms with E-state index in [0.717, 1.165) is 48.0 Å². The molecule has 1 aromatic heterocycles. The third kappa shape index (κ3) is 4.60. The van der Waals surface area contributed by atoms with Gasteiger partial charge in [-0.15, -0.1) is 0 Å². The summed E-state index contributed by atoms with van der Waals surface area (Å²) < 4.78 is 16.3. The number of aromatic nitrogens is 1. The average molecular weight is 476 g/mol. The highest BCUT2D eigenvalue weighted by Gasteiger charge is 2.26. The van der Waals surface area contributed by atoms with Gasteiger partial charge in [-0.2, -0.15) is 0 Å². The molecule has 182 valence electrons. The van der Waals surface area contributed by atoms with E-state index in [1.165, 1.54) is 0 Å². The van der Waals surface area contributed by atoms with Gasteiger partial charge < -0.3 is 24.0 Å². The van der Waals surface area contributed by atoms with Gasteiger partial charge in [0.1, 0.15) is 11.4 Å². The number of anilines is 1. The molecule has 8 heteroatoms. The van der Waals surface area contributed by atoms with Crippen molar-refractivity contribution in [2.45, 2.75) is 25.8 Å². The first-order valence-corrected chi connectivity index (χ1v) is 11.9. The first kappa shape index (κ1) is 23.0. The Morgan fingerprint density at radius 1 is 0.943 bits per heavy atom. The van der Waals surface area contributed by atoms with Gasteiger partial charge in [-0.3, -0.25) is 4.79 Å². The van der Waals surface area contributed by atoms with Crippen molar-refractivity contribution in [2.75, 3.05) is 45.4 Å². The fourth-order valence-electron chi connectivity index (χ4n) is 4.82. The monoisotopic (exact) mass is 475 g/mol. The molecule has 0 bridgehead atoms. The third-order valence-corrected chi connectivity index (χ3v) is 6.73. The quantitative estimate of drug-likeness (QED) is 0.504. The van der Waals surface area contributed by atoms with Crippen molar-refractivity contribution in [3.63, 3.8) is 0 Å². The Balaban J connectivity index is 1.30. The van der Waals surface area contributed by atoms with E-state index < -0.39 is 5.97 Å². The lowest BCUT2D eigenvalue weighted by Crippen LogP contribution is -2.38. The number of carbonyl (C=O) groups excluding carboxylic acids is 2. The minimum absolute atomic E-state index is 0.227. The van der Waals surface area contributed by atoms with Gasteiger partial charge in [0.25, 0.3) is 5.91 Å². The van der Waals surface area contributed by atoms with E-state index in [1.54, 1.807) is 19.1 Å². The van der Waals surface area contributed by atoms with Crippen molar-refractivity contribution in [3.05, 3.63) is 59.2 Å². The molecular weight excluding hydrogens is 446 g/mol. The number of para-hydroxylation sites is 1. The summed E-state index contributed by atoms with van der Waals surface area (Å²) in [6.07, 6.45) is 2.83. The molecule has 35 heavy (non-hydrogen) atoms. The number of fused-ring (bicyclic) bond motifs is 2. The molecule has 3 aromatic rings. The molecule has 0 unspecified atom stereocenters. The van der Waals surface area contributed by atoms with Crippen LogP contribution in [0.15, 0.2) is 42.5 Å². The number of ether oxygens (including phenoxy) is 3. The molecule has 2 aromatic carbocycles. The van der Waals surface area contributed by atoms with Crippen LogP contribution in [0, 0.1) is 0 Å². The zero-order chi connectivity index (χ0) is 24.4. The lowest BCUT2D eigenvalue weighted by molar-refractivity contribution is -0.135. The van der Waals surface area contributed by atoms with E-state index in [2.05, 4.69) is 4.90 Å². The van der Waals surface area contributed by atoms with Gasteiger partial charge in [0.15, 0.2) is 18.1 Å². The Morgan fingerprint density at radius 2 is 1.66 bits per heavy atom. The van der Waals surface area contributed by atoms with Gasteiger partial charge in [-0.05, 0) is 54.7 Å². The van der Waals surface area contributed by atoms with Crippen LogP contribution in [0.2, 0.25) is 0 Å². The highest BCUT2D eigenvalue weighted by molar-refractivity contribution is 6.00. The summed E-state index contributed by atoms with van der Waals surface area (Å²) in [5.74, 6) is 1.19. The lowest BCUT2D eigenvalue weighted by atomic mass is 9.99. The van der Waals surface area contributed by atoms with Crippen molar-refractivity contribution in [1.29, 1.82) is 0 Å². The lowest BCUT2D eigenvalue weighted by Gasteiger charge is -2.29. The molecule has 5 rings (SSSR count). The van der Waals surface area contributed by atoms with Gasteiger partial charge in [0.05, 0.1) is 19.7 Å². The smallest absolute Gasteiger partial charge is 0.342 e. The van der Waals surface area contributed by atoms with E-state index in [1.807, 2.05) is 42.5 Å². The van der Waals surface area contributed by atoms with Crippen LogP contribution in [0.4, 0.5) is 5.82 Å². The molecule has 2 aliphatic heterocycles. The van der Waals surface area contributed by atoms with Gasteiger partial charge in [-0.25, -0.2) is 9.78 Å². The maximum atomic E-state index is 13.1. The topological polar surface area (TPSA) is 81.2 Å². The normalized spacial score (nSPS) is 15.1. The molecular formula is C27H29N3O5. The minimum atomic E-state index is -0.526. The van der Waals surface area contributed by atoms with Crippen molar-refractivity contribution in [3.8, 4) is 11.5 Å². The molecule has 1 saturated heterocycles. The van der Waals surface area contributed by atoms with Crippen LogP contribution in [-0.4, -0.2) is 62.2 Å². The summed E-state index contributed by atoms with van der Waals surface area (Å²) in [6, 6.07) is 13.4. The van der Waals surface area contributed by atoms with Crippen molar-refractivity contribution >= 4 is 28.6 Å². The number of methoxy groups -OCH3 is 2. The SMILES string of the molecule is COc1cc2c(cc1OC)CN(C(=O)COC(=O)c1cc3ccccc3nc1N1CCCC1)CC2. The molecule has 0 N–H and O–H groups in total. The van der Waals surface area contributed by atoms with Crippen LogP contribution in [-0.2, 0) is 22.5 Å². The molecule has 0 radical (unpaired) electrons. The van der Waals surface area contributed by atoms with Crippen LogP contribution in [0.25, 0.3) is 10.9 Å². The fraction of sp³-hybridized carbons (Fsp3) is 0.370.